The molecule has 0 radical (unpaired) electrons. The van der Waals surface area contributed by atoms with E-state index in [-0.39, 0.29) is 25.0 Å². The molecule has 154 valence electrons. The van der Waals surface area contributed by atoms with E-state index in [0.29, 0.717) is 5.75 Å². The van der Waals surface area contributed by atoms with E-state index in [2.05, 4.69) is 32.1 Å². The van der Waals surface area contributed by atoms with Crippen molar-refractivity contribution in [3.8, 4) is 5.75 Å². The van der Waals surface area contributed by atoms with Crippen molar-refractivity contribution in [3.63, 3.8) is 0 Å². The minimum absolute atomic E-state index is 0.0139. The van der Waals surface area contributed by atoms with Gasteiger partial charge >= 0.3 is 0 Å². The van der Waals surface area contributed by atoms with Crippen LogP contribution in [0.3, 0.4) is 0 Å². The molecule has 1 saturated carbocycles. The van der Waals surface area contributed by atoms with E-state index >= 15 is 0 Å². The van der Waals surface area contributed by atoms with Crippen LogP contribution in [0.15, 0.2) is 40.9 Å². The normalized spacial score (nSPS) is 14.2. The monoisotopic (exact) mass is 461 g/mol. The summed E-state index contributed by atoms with van der Waals surface area (Å²) in [6.07, 6.45) is 4.99. The molecule has 1 fully saturated rings. The molecular formula is C21H24BrN3O4. The predicted octanol–water partition coefficient (Wildman–Crippen LogP) is 2.83. The van der Waals surface area contributed by atoms with E-state index < -0.39 is 11.8 Å². The number of nitrogens with one attached hydrogen (secondary N) is 3. The summed E-state index contributed by atoms with van der Waals surface area (Å²) >= 11 is 3.49. The summed E-state index contributed by atoms with van der Waals surface area (Å²) in [5.41, 5.74) is 4.56. The summed E-state index contributed by atoms with van der Waals surface area (Å²) in [7, 11) is 0. The zero-order valence-corrected chi connectivity index (χ0v) is 17.6. The van der Waals surface area contributed by atoms with E-state index in [1.54, 1.807) is 6.07 Å². The van der Waals surface area contributed by atoms with Gasteiger partial charge in [-0.05, 0) is 45.6 Å². The fourth-order valence-electron chi connectivity index (χ4n) is 3.36. The van der Waals surface area contributed by atoms with Gasteiger partial charge in [0, 0.05) is 5.92 Å². The number of carbonyl (C=O) groups excluding carboxylic acids is 3. The van der Waals surface area contributed by atoms with E-state index in [1.165, 1.54) is 0 Å². The van der Waals surface area contributed by atoms with Crippen molar-refractivity contribution >= 4 is 44.4 Å². The van der Waals surface area contributed by atoms with Crippen LogP contribution < -0.4 is 20.9 Å². The Morgan fingerprint density at radius 3 is 2.48 bits per heavy atom. The number of hydrogen-bond acceptors (Lipinski definition) is 4. The topological polar surface area (TPSA) is 96.5 Å². The number of rotatable bonds is 6. The average molecular weight is 462 g/mol. The lowest BCUT2D eigenvalue weighted by Crippen LogP contribution is -2.48. The highest BCUT2D eigenvalue weighted by molar-refractivity contribution is 9.10. The molecule has 0 spiro atoms. The molecule has 3 amide bonds. The molecule has 0 saturated heterocycles. The van der Waals surface area contributed by atoms with Crippen LogP contribution >= 0.6 is 15.9 Å². The number of benzene rings is 2. The van der Waals surface area contributed by atoms with Gasteiger partial charge in [0.05, 0.1) is 11.0 Å². The highest BCUT2D eigenvalue weighted by atomic mass is 79.9. The molecule has 0 aliphatic heterocycles. The molecule has 3 N–H and O–H groups in total. The first-order chi connectivity index (χ1) is 14.0. The maximum absolute atomic E-state index is 12.0. The zero-order chi connectivity index (χ0) is 20.6. The Labute approximate surface area is 177 Å². The van der Waals surface area contributed by atoms with Gasteiger partial charge in [-0.15, -0.1) is 0 Å². The Hall–Kier alpha value is -2.61. The largest absolute Gasteiger partial charge is 0.483 e. The number of amides is 3. The second-order valence-corrected chi connectivity index (χ2v) is 7.83. The Morgan fingerprint density at radius 1 is 0.966 bits per heavy atom. The minimum atomic E-state index is -0.503. The maximum atomic E-state index is 12.0. The van der Waals surface area contributed by atoms with Gasteiger partial charge in [-0.2, -0.15) is 0 Å². The molecule has 1 aliphatic rings. The van der Waals surface area contributed by atoms with Crippen molar-refractivity contribution in [3.05, 3.63) is 40.9 Å². The molecule has 7 nitrogen and oxygen atoms in total. The Balaban J connectivity index is 1.39. The van der Waals surface area contributed by atoms with Crippen LogP contribution in [-0.2, 0) is 14.4 Å². The third kappa shape index (κ3) is 5.93. The minimum Gasteiger partial charge on any atom is -0.483 e. The molecule has 1 aliphatic carbocycles. The smallest absolute Gasteiger partial charge is 0.276 e. The Kier molecular flexibility index (Phi) is 7.46. The van der Waals surface area contributed by atoms with Gasteiger partial charge in [0.25, 0.3) is 11.8 Å². The van der Waals surface area contributed by atoms with Crippen molar-refractivity contribution in [2.75, 3.05) is 13.2 Å². The SMILES string of the molecule is O=C(CNC(=O)C1CCCCC1)NNC(=O)COc1ccc2ccccc2c1Br. The van der Waals surface area contributed by atoms with Gasteiger partial charge in [-0.25, -0.2) is 0 Å². The number of hydrogen-bond donors (Lipinski definition) is 3. The third-order valence-electron chi connectivity index (χ3n) is 4.93. The molecule has 2 aromatic carbocycles. The van der Waals surface area contributed by atoms with Gasteiger partial charge in [0.2, 0.25) is 5.91 Å². The van der Waals surface area contributed by atoms with Crippen LogP contribution in [0.1, 0.15) is 32.1 Å². The van der Waals surface area contributed by atoms with Crippen LogP contribution in [0.5, 0.6) is 5.75 Å². The third-order valence-corrected chi connectivity index (χ3v) is 5.75. The molecule has 3 rings (SSSR count). The highest BCUT2D eigenvalue weighted by Crippen LogP contribution is 2.32. The van der Waals surface area contributed by atoms with Gasteiger partial charge in [0.1, 0.15) is 5.75 Å². The number of fused-ring (bicyclic) bond motifs is 1. The van der Waals surface area contributed by atoms with Gasteiger partial charge in [0.15, 0.2) is 6.61 Å². The molecule has 0 atom stereocenters. The van der Waals surface area contributed by atoms with Gasteiger partial charge in [-0.1, -0.05) is 49.6 Å². The molecule has 0 unspecified atom stereocenters. The second kappa shape index (κ2) is 10.2. The Bertz CT molecular complexity index is 897. The van der Waals surface area contributed by atoms with Gasteiger partial charge < -0.3 is 10.1 Å². The predicted molar refractivity (Wildman–Crippen MR) is 113 cm³/mol. The molecule has 0 heterocycles. The summed E-state index contributed by atoms with van der Waals surface area (Å²) in [6, 6.07) is 11.5. The second-order valence-electron chi connectivity index (χ2n) is 7.04. The molecular weight excluding hydrogens is 438 g/mol. The van der Waals surface area contributed by atoms with E-state index in [1.807, 2.05) is 30.3 Å². The van der Waals surface area contributed by atoms with Crippen molar-refractivity contribution in [1.82, 2.24) is 16.2 Å². The quantitative estimate of drug-likeness (QED) is 0.576. The molecule has 2 aromatic rings. The first kappa shape index (κ1) is 21.1. The van der Waals surface area contributed by atoms with Crippen molar-refractivity contribution in [2.24, 2.45) is 5.92 Å². The average Bonchev–Trinajstić information content (AvgIpc) is 2.76. The number of hydrazine groups is 1. The number of halogens is 1. The standard InChI is InChI=1S/C21H24BrN3O4/c22-20-16-9-5-4-6-14(16)10-11-17(20)29-13-19(27)25-24-18(26)12-23-21(28)15-7-2-1-3-8-15/h4-6,9-11,15H,1-3,7-8,12-13H2,(H,23,28)(H,24,26)(H,25,27). The fraction of sp³-hybridized carbons (Fsp3) is 0.381. The number of carbonyl (C=O) groups is 3. The Morgan fingerprint density at radius 2 is 1.69 bits per heavy atom. The first-order valence-corrected chi connectivity index (χ1v) is 10.5. The van der Waals surface area contributed by atoms with Crippen LogP contribution in [0.25, 0.3) is 10.8 Å². The van der Waals surface area contributed by atoms with Crippen molar-refractivity contribution in [1.29, 1.82) is 0 Å². The van der Waals surface area contributed by atoms with Crippen molar-refractivity contribution in [2.45, 2.75) is 32.1 Å². The summed E-state index contributed by atoms with van der Waals surface area (Å²) in [4.78, 5) is 35.8. The lowest BCUT2D eigenvalue weighted by atomic mass is 9.89. The van der Waals surface area contributed by atoms with Crippen LogP contribution in [0.4, 0.5) is 0 Å². The van der Waals surface area contributed by atoms with Crippen LogP contribution in [-0.4, -0.2) is 30.9 Å². The van der Waals surface area contributed by atoms with Gasteiger partial charge in [-0.3, -0.25) is 25.2 Å². The molecule has 8 heteroatoms. The van der Waals surface area contributed by atoms with E-state index in [0.717, 1.165) is 47.3 Å². The van der Waals surface area contributed by atoms with Crippen molar-refractivity contribution < 1.29 is 19.1 Å². The summed E-state index contributed by atoms with van der Waals surface area (Å²) in [5.74, 6) is -0.577. The molecule has 29 heavy (non-hydrogen) atoms. The van der Waals surface area contributed by atoms with Crippen LogP contribution in [0.2, 0.25) is 0 Å². The van der Waals surface area contributed by atoms with E-state index in [4.69, 9.17) is 4.74 Å². The van der Waals surface area contributed by atoms with Crippen LogP contribution in [0, 0.1) is 5.92 Å². The lowest BCUT2D eigenvalue weighted by Gasteiger charge is -2.20. The summed E-state index contributed by atoms with van der Waals surface area (Å²) in [5, 5.41) is 4.65. The lowest BCUT2D eigenvalue weighted by molar-refractivity contribution is -0.131. The summed E-state index contributed by atoms with van der Waals surface area (Å²) < 4.78 is 6.30. The van der Waals surface area contributed by atoms with E-state index in [9.17, 15) is 14.4 Å². The number of ether oxygens (including phenoxy) is 1. The highest BCUT2D eigenvalue weighted by Gasteiger charge is 2.21. The molecule has 0 aromatic heterocycles. The first-order valence-electron chi connectivity index (χ1n) is 9.70. The molecule has 0 bridgehead atoms. The fourth-order valence-corrected chi connectivity index (χ4v) is 3.97. The maximum Gasteiger partial charge on any atom is 0.276 e. The summed E-state index contributed by atoms with van der Waals surface area (Å²) in [6.45, 7) is -0.432. The zero-order valence-electron chi connectivity index (χ0n) is 16.0.